The number of aliphatic hydroxyl groups excluding tert-OH is 1. The lowest BCUT2D eigenvalue weighted by Gasteiger charge is -2.33. The molecule has 39 heavy (non-hydrogen) atoms. The molecule has 1 aromatic heterocycles. The lowest BCUT2D eigenvalue weighted by atomic mass is 10.1. The highest BCUT2D eigenvalue weighted by Gasteiger charge is 2.24. The first kappa shape index (κ1) is 29.3. The minimum atomic E-state index is -3.75. The fourth-order valence-electron chi connectivity index (χ4n) is 4.42. The molecule has 0 spiro atoms. The highest BCUT2D eigenvalue weighted by atomic mass is 35.5. The first-order chi connectivity index (χ1) is 18.5. The number of carbonyl (C=O) groups excluding carboxylic acids is 1. The van der Waals surface area contributed by atoms with Crippen LogP contribution in [0.2, 0.25) is 10.0 Å². The summed E-state index contributed by atoms with van der Waals surface area (Å²) in [5.74, 6) is 0.170. The van der Waals surface area contributed by atoms with E-state index in [2.05, 4.69) is 15.2 Å². The number of hydrogen-bond acceptors (Lipinski definition) is 7. The third-order valence-electron chi connectivity index (χ3n) is 6.59. The molecule has 0 unspecified atom stereocenters. The van der Waals surface area contributed by atoms with Gasteiger partial charge in [0.15, 0.2) is 0 Å². The third-order valence-corrected chi connectivity index (χ3v) is 9.14. The first-order valence-electron chi connectivity index (χ1n) is 12.3. The zero-order chi connectivity index (χ0) is 28.3. The smallest absolute Gasteiger partial charge is 0.255 e. The molecule has 2 heterocycles. The zero-order valence-electron chi connectivity index (χ0n) is 21.5. The predicted molar refractivity (Wildman–Crippen MR) is 150 cm³/mol. The molecule has 0 saturated carbocycles. The fourth-order valence-corrected chi connectivity index (χ4v) is 5.64. The van der Waals surface area contributed by atoms with Gasteiger partial charge >= 0.3 is 0 Å². The maximum Gasteiger partial charge on any atom is 0.255 e. The third kappa shape index (κ3) is 6.92. The van der Waals surface area contributed by atoms with E-state index in [4.69, 9.17) is 27.9 Å². The molecule has 4 rings (SSSR count). The van der Waals surface area contributed by atoms with Crippen molar-refractivity contribution >= 4 is 49.9 Å². The van der Waals surface area contributed by atoms with Crippen LogP contribution < -0.4 is 15.6 Å². The Hall–Kier alpha value is -2.67. The van der Waals surface area contributed by atoms with Crippen molar-refractivity contribution in [2.45, 2.75) is 29.9 Å². The number of amides is 1. The van der Waals surface area contributed by atoms with Crippen molar-refractivity contribution in [2.24, 2.45) is 0 Å². The average Bonchev–Trinajstić information content (AvgIpc) is 2.90. The summed E-state index contributed by atoms with van der Waals surface area (Å²) in [5, 5.41) is 14.6. The Morgan fingerprint density at radius 2 is 1.87 bits per heavy atom. The van der Waals surface area contributed by atoms with Gasteiger partial charge in [0, 0.05) is 63.3 Å². The van der Waals surface area contributed by atoms with Crippen LogP contribution in [0.15, 0.2) is 52.3 Å². The van der Waals surface area contributed by atoms with Crippen LogP contribution in [0.5, 0.6) is 5.75 Å². The Bertz CT molecular complexity index is 1520. The second-order valence-corrected chi connectivity index (χ2v) is 12.6. The highest BCUT2D eigenvalue weighted by Crippen LogP contribution is 2.28. The Labute approximate surface area is 236 Å². The number of nitrogens with zero attached hydrogens (tertiary/aromatic N) is 2. The number of hydrogen-bond donors (Lipinski definition) is 3. The lowest BCUT2D eigenvalue weighted by molar-refractivity contribution is 0.0594. The van der Waals surface area contributed by atoms with E-state index in [1.165, 1.54) is 38.5 Å². The summed E-state index contributed by atoms with van der Waals surface area (Å²) in [5.41, 5.74) is -0.338. The molecule has 0 aliphatic carbocycles. The minimum Gasteiger partial charge on any atom is -0.490 e. The van der Waals surface area contributed by atoms with E-state index < -0.39 is 27.6 Å². The van der Waals surface area contributed by atoms with E-state index in [1.54, 1.807) is 18.2 Å². The molecule has 0 radical (unpaired) electrons. The number of fused-ring (bicyclic) bond motifs is 1. The number of rotatable bonds is 9. The van der Waals surface area contributed by atoms with Gasteiger partial charge in [0.1, 0.15) is 11.9 Å². The van der Waals surface area contributed by atoms with E-state index in [1.807, 2.05) is 0 Å². The van der Waals surface area contributed by atoms with Gasteiger partial charge in [0.05, 0.1) is 26.6 Å². The van der Waals surface area contributed by atoms with Crippen LogP contribution in [0.3, 0.4) is 0 Å². The zero-order valence-corrected chi connectivity index (χ0v) is 23.8. The molecular weight excluding hydrogens is 567 g/mol. The summed E-state index contributed by atoms with van der Waals surface area (Å²) >= 11 is 12.0. The maximum absolute atomic E-state index is 12.9. The van der Waals surface area contributed by atoms with Crippen molar-refractivity contribution in [1.29, 1.82) is 0 Å². The number of benzene rings is 2. The predicted octanol–water partition coefficient (Wildman–Crippen LogP) is 2.72. The number of H-pyrrole nitrogens is 1. The van der Waals surface area contributed by atoms with Crippen molar-refractivity contribution in [2.75, 3.05) is 40.3 Å². The Kier molecular flexibility index (Phi) is 9.20. The molecule has 2 aromatic carbocycles. The molecule has 1 aliphatic rings. The second kappa shape index (κ2) is 12.2. The fraction of sp³-hybridized carbons (Fsp3) is 0.385. The number of aromatic amines is 1. The van der Waals surface area contributed by atoms with Crippen LogP contribution in [0.25, 0.3) is 10.8 Å². The molecule has 1 saturated heterocycles. The van der Waals surface area contributed by atoms with Crippen LogP contribution >= 0.6 is 23.2 Å². The number of aliphatic hydroxyl groups is 1. The molecule has 1 aliphatic heterocycles. The number of carbonyl (C=O) groups is 1. The number of β-amino-alcohol motifs (C(OH)–C–C–N with tert-alkyl or cyclic N) is 1. The number of sulfonamides is 1. The number of pyridine rings is 1. The summed E-state index contributed by atoms with van der Waals surface area (Å²) in [4.78, 5) is 29.8. The van der Waals surface area contributed by atoms with Crippen LogP contribution in [-0.4, -0.2) is 86.1 Å². The molecule has 1 atom stereocenters. The molecule has 3 aromatic rings. The Morgan fingerprint density at radius 3 is 2.54 bits per heavy atom. The van der Waals surface area contributed by atoms with Crippen LogP contribution in [0.4, 0.5) is 0 Å². The monoisotopic (exact) mass is 596 g/mol. The SMILES string of the molecule is CN(C)S(=O)(=O)c1ccc2c(C(=O)NC[C@@H](O)CN3CCC(Oc4ccc(Cl)c(Cl)c4)CC3)c[nH]c(=O)c2c1. The van der Waals surface area contributed by atoms with Crippen molar-refractivity contribution in [3.05, 3.63) is 68.6 Å². The van der Waals surface area contributed by atoms with Gasteiger partial charge in [-0.1, -0.05) is 29.3 Å². The lowest BCUT2D eigenvalue weighted by Crippen LogP contribution is -2.45. The number of nitrogens with one attached hydrogen (secondary N) is 2. The second-order valence-electron chi connectivity index (χ2n) is 9.58. The summed E-state index contributed by atoms with van der Waals surface area (Å²) < 4.78 is 32.0. The van der Waals surface area contributed by atoms with E-state index in [9.17, 15) is 23.1 Å². The van der Waals surface area contributed by atoms with Gasteiger partial charge in [-0.15, -0.1) is 0 Å². The Morgan fingerprint density at radius 1 is 1.15 bits per heavy atom. The average molecular weight is 598 g/mol. The quantitative estimate of drug-likeness (QED) is 0.346. The number of likely N-dealkylation sites (tertiary alicyclic amines) is 1. The van der Waals surface area contributed by atoms with Crippen molar-refractivity contribution in [3.8, 4) is 5.75 Å². The topological polar surface area (TPSA) is 132 Å². The van der Waals surface area contributed by atoms with Crippen molar-refractivity contribution in [3.63, 3.8) is 0 Å². The molecule has 210 valence electrons. The number of halogens is 2. The van der Waals surface area contributed by atoms with Gasteiger partial charge < -0.3 is 25.0 Å². The molecule has 3 N–H and O–H groups in total. The highest BCUT2D eigenvalue weighted by molar-refractivity contribution is 7.89. The number of aromatic nitrogens is 1. The minimum absolute atomic E-state index is 0.00620. The summed E-state index contributed by atoms with van der Waals surface area (Å²) in [6.45, 7) is 1.82. The first-order valence-corrected chi connectivity index (χ1v) is 14.5. The molecular formula is C26H30Cl2N4O6S. The van der Waals surface area contributed by atoms with Gasteiger partial charge in [0.25, 0.3) is 11.5 Å². The van der Waals surface area contributed by atoms with Crippen LogP contribution in [-0.2, 0) is 10.0 Å². The molecule has 13 heteroatoms. The van der Waals surface area contributed by atoms with E-state index >= 15 is 0 Å². The summed E-state index contributed by atoms with van der Waals surface area (Å²) in [6.07, 6.45) is 2.04. The standard InChI is InChI=1S/C26H30Cl2N4O6S/c1-31(2)39(36,37)19-4-5-20-21(12-19)25(34)30-14-22(20)26(35)29-13-16(33)15-32-9-7-17(8-10-32)38-18-3-6-23(27)24(28)11-18/h3-6,11-12,14,16-17,33H,7-10,13,15H2,1-2H3,(H,29,35)(H,30,34)/t16-/m1/s1. The summed E-state index contributed by atoms with van der Waals surface area (Å²) in [7, 11) is -0.961. The molecule has 0 bridgehead atoms. The number of ether oxygens (including phenoxy) is 1. The van der Waals surface area contributed by atoms with E-state index in [0.717, 1.165) is 30.2 Å². The maximum atomic E-state index is 12.9. The van der Waals surface area contributed by atoms with E-state index in [-0.39, 0.29) is 28.5 Å². The molecule has 1 fully saturated rings. The van der Waals surface area contributed by atoms with Gasteiger partial charge in [0.2, 0.25) is 10.0 Å². The summed E-state index contributed by atoms with van der Waals surface area (Å²) in [6, 6.07) is 9.22. The Balaban J connectivity index is 1.31. The van der Waals surface area contributed by atoms with E-state index in [0.29, 0.717) is 27.7 Å². The molecule has 10 nitrogen and oxygen atoms in total. The van der Waals surface area contributed by atoms with Crippen LogP contribution in [0, 0.1) is 0 Å². The van der Waals surface area contributed by atoms with Crippen molar-refractivity contribution in [1.82, 2.24) is 19.5 Å². The van der Waals surface area contributed by atoms with Gasteiger partial charge in [-0.3, -0.25) is 9.59 Å². The van der Waals surface area contributed by atoms with Crippen LogP contribution in [0.1, 0.15) is 23.2 Å². The largest absolute Gasteiger partial charge is 0.490 e. The van der Waals surface area contributed by atoms with Crippen molar-refractivity contribution < 1.29 is 23.1 Å². The van der Waals surface area contributed by atoms with Gasteiger partial charge in [-0.05, 0) is 37.1 Å². The normalized spacial score (nSPS) is 15.9. The molecule has 1 amide bonds. The van der Waals surface area contributed by atoms with Gasteiger partial charge in [-0.25, -0.2) is 12.7 Å². The van der Waals surface area contributed by atoms with Gasteiger partial charge in [-0.2, -0.15) is 0 Å². The number of piperidine rings is 1.